The average molecular weight is 433 g/mol. The largest absolute Gasteiger partial charge is 0.496 e. The van der Waals surface area contributed by atoms with E-state index in [-0.39, 0.29) is 10.4 Å². The number of allylic oxidation sites excluding steroid dienone is 2. The van der Waals surface area contributed by atoms with E-state index in [0.29, 0.717) is 35.8 Å². The first-order valence-corrected chi connectivity index (χ1v) is 10.9. The number of carbonyl (C=O) groups excluding carboxylic acids is 1. The third-order valence-electron chi connectivity index (χ3n) is 4.83. The molecule has 0 aliphatic heterocycles. The van der Waals surface area contributed by atoms with Crippen LogP contribution in [0.25, 0.3) is 10.8 Å². The molecule has 0 fully saturated rings. The summed E-state index contributed by atoms with van der Waals surface area (Å²) in [7, 11) is 6.52. The van der Waals surface area contributed by atoms with Gasteiger partial charge in [-0.3, -0.25) is 4.79 Å². The minimum absolute atomic E-state index is 0.108. The van der Waals surface area contributed by atoms with E-state index in [1.165, 1.54) is 17.3 Å². The summed E-state index contributed by atoms with van der Waals surface area (Å²) in [5.74, 6) is 2.66. The average Bonchev–Trinajstić information content (AvgIpc) is 2.74. The fourth-order valence-corrected chi connectivity index (χ4v) is 4.55. The lowest BCUT2D eigenvalue weighted by Gasteiger charge is -2.23. The second kappa shape index (κ2) is 11.2. The van der Waals surface area contributed by atoms with Gasteiger partial charge < -0.3 is 18.9 Å². The minimum Gasteiger partial charge on any atom is -0.496 e. The maximum Gasteiger partial charge on any atom is 0.189 e. The molecule has 1 unspecified atom stereocenters. The predicted octanol–water partition coefficient (Wildman–Crippen LogP) is 6.33. The van der Waals surface area contributed by atoms with Gasteiger partial charge in [0, 0.05) is 17.2 Å². The summed E-state index contributed by atoms with van der Waals surface area (Å²) >= 11 is 1.35. The molecular weight excluding hydrogens is 400 g/mol. The number of hydrogen-bond acceptors (Lipinski definition) is 6. The standard InChI is InChI=1S/C24H32O5S/c1-8-9-21(25)30-20(13-10-15(2)3)16-14-19(28-6)22-17(26-4)11-12-18(27-5)23(22)24(16)29-7/h10-12,14,20H,8-9,13H2,1-7H3. The summed E-state index contributed by atoms with van der Waals surface area (Å²) in [5.41, 5.74) is 2.11. The van der Waals surface area contributed by atoms with E-state index in [4.69, 9.17) is 18.9 Å². The number of benzene rings is 2. The molecule has 6 heteroatoms. The van der Waals surface area contributed by atoms with Gasteiger partial charge in [-0.25, -0.2) is 0 Å². The van der Waals surface area contributed by atoms with Gasteiger partial charge in [0.15, 0.2) is 5.12 Å². The molecule has 1 atom stereocenters. The summed E-state index contributed by atoms with van der Waals surface area (Å²) in [6, 6.07) is 5.66. The van der Waals surface area contributed by atoms with E-state index in [9.17, 15) is 4.79 Å². The zero-order valence-corrected chi connectivity index (χ0v) is 19.8. The maximum atomic E-state index is 12.5. The summed E-state index contributed by atoms with van der Waals surface area (Å²) < 4.78 is 22.9. The number of hydrogen-bond donors (Lipinski definition) is 0. The van der Waals surface area contributed by atoms with Crippen molar-refractivity contribution < 1.29 is 23.7 Å². The first-order chi connectivity index (χ1) is 14.4. The Kier molecular flexibility index (Phi) is 8.90. The number of ether oxygens (including phenoxy) is 4. The molecule has 0 heterocycles. The summed E-state index contributed by atoms with van der Waals surface area (Å²) in [5, 5.41) is 1.62. The molecule has 2 aromatic rings. The Morgan fingerprint density at radius 2 is 1.57 bits per heavy atom. The molecule has 164 valence electrons. The van der Waals surface area contributed by atoms with Gasteiger partial charge in [-0.15, -0.1) is 0 Å². The Morgan fingerprint density at radius 1 is 0.967 bits per heavy atom. The summed E-state index contributed by atoms with van der Waals surface area (Å²) in [6.07, 6.45) is 4.22. The van der Waals surface area contributed by atoms with Crippen LogP contribution in [0, 0.1) is 0 Å². The molecule has 0 saturated heterocycles. The van der Waals surface area contributed by atoms with Gasteiger partial charge in [-0.1, -0.05) is 30.3 Å². The van der Waals surface area contributed by atoms with Crippen LogP contribution in [0.4, 0.5) is 0 Å². The van der Waals surface area contributed by atoms with Crippen molar-refractivity contribution in [3.63, 3.8) is 0 Å². The van der Waals surface area contributed by atoms with Gasteiger partial charge in [0.2, 0.25) is 0 Å². The van der Waals surface area contributed by atoms with Crippen molar-refractivity contribution in [3.8, 4) is 23.0 Å². The fraction of sp³-hybridized carbons (Fsp3) is 0.458. The molecule has 0 bridgehead atoms. The van der Waals surface area contributed by atoms with Crippen LogP contribution in [0.1, 0.15) is 50.8 Å². The molecule has 0 amide bonds. The molecule has 2 aromatic carbocycles. The topological polar surface area (TPSA) is 54.0 Å². The van der Waals surface area contributed by atoms with E-state index >= 15 is 0 Å². The summed E-state index contributed by atoms with van der Waals surface area (Å²) in [6.45, 7) is 6.13. The fourth-order valence-electron chi connectivity index (χ4n) is 3.42. The third kappa shape index (κ3) is 5.22. The van der Waals surface area contributed by atoms with Crippen molar-refractivity contribution in [2.24, 2.45) is 0 Å². The van der Waals surface area contributed by atoms with Crippen LogP contribution in [0.2, 0.25) is 0 Å². The summed E-state index contributed by atoms with van der Waals surface area (Å²) in [4.78, 5) is 12.5. The molecule has 0 saturated carbocycles. The van der Waals surface area contributed by atoms with E-state index in [2.05, 4.69) is 19.9 Å². The van der Waals surface area contributed by atoms with Crippen LogP contribution in [0.15, 0.2) is 29.8 Å². The minimum atomic E-state index is -0.108. The van der Waals surface area contributed by atoms with Crippen LogP contribution in [-0.2, 0) is 4.79 Å². The number of fused-ring (bicyclic) bond motifs is 1. The Labute approximate surface area is 183 Å². The zero-order chi connectivity index (χ0) is 22.3. The molecule has 0 spiro atoms. The smallest absolute Gasteiger partial charge is 0.189 e. The van der Waals surface area contributed by atoms with Crippen LogP contribution >= 0.6 is 11.8 Å². The number of carbonyl (C=O) groups is 1. The Hall–Kier alpha value is -2.34. The normalized spacial score (nSPS) is 11.7. The molecule has 0 aliphatic rings. The van der Waals surface area contributed by atoms with Crippen molar-refractivity contribution >= 4 is 27.6 Å². The van der Waals surface area contributed by atoms with Gasteiger partial charge >= 0.3 is 0 Å². The number of thioether (sulfide) groups is 1. The van der Waals surface area contributed by atoms with E-state index < -0.39 is 0 Å². The maximum absolute atomic E-state index is 12.5. The molecule has 0 N–H and O–H groups in total. The van der Waals surface area contributed by atoms with E-state index in [0.717, 1.165) is 22.8 Å². The van der Waals surface area contributed by atoms with Crippen molar-refractivity contribution in [2.75, 3.05) is 28.4 Å². The Balaban J connectivity index is 2.81. The third-order valence-corrected chi connectivity index (χ3v) is 6.03. The second-order valence-corrected chi connectivity index (χ2v) is 8.43. The highest BCUT2D eigenvalue weighted by molar-refractivity contribution is 8.13. The first-order valence-electron chi connectivity index (χ1n) is 10.0. The number of methoxy groups -OCH3 is 4. The van der Waals surface area contributed by atoms with Gasteiger partial charge in [0.1, 0.15) is 23.0 Å². The zero-order valence-electron chi connectivity index (χ0n) is 19.0. The van der Waals surface area contributed by atoms with Crippen LogP contribution in [-0.4, -0.2) is 33.6 Å². The highest BCUT2D eigenvalue weighted by atomic mass is 32.2. The lowest BCUT2D eigenvalue weighted by molar-refractivity contribution is -0.111. The molecule has 30 heavy (non-hydrogen) atoms. The quantitative estimate of drug-likeness (QED) is 0.409. The van der Waals surface area contributed by atoms with Crippen molar-refractivity contribution in [1.29, 1.82) is 0 Å². The number of rotatable bonds is 10. The molecule has 5 nitrogen and oxygen atoms in total. The van der Waals surface area contributed by atoms with Gasteiger partial charge in [-0.2, -0.15) is 0 Å². The van der Waals surface area contributed by atoms with Crippen LogP contribution in [0.3, 0.4) is 0 Å². The molecule has 0 radical (unpaired) electrons. The lowest BCUT2D eigenvalue weighted by Crippen LogP contribution is -2.05. The van der Waals surface area contributed by atoms with E-state index in [1.54, 1.807) is 28.4 Å². The lowest BCUT2D eigenvalue weighted by atomic mass is 9.98. The highest BCUT2D eigenvalue weighted by Gasteiger charge is 2.26. The van der Waals surface area contributed by atoms with Gasteiger partial charge in [0.05, 0.1) is 39.2 Å². The molecule has 0 aromatic heterocycles. The van der Waals surface area contributed by atoms with Crippen LogP contribution < -0.4 is 18.9 Å². The second-order valence-electron chi connectivity index (χ2n) is 7.17. The van der Waals surface area contributed by atoms with Crippen molar-refractivity contribution in [3.05, 3.63) is 35.4 Å². The van der Waals surface area contributed by atoms with Gasteiger partial charge in [-0.05, 0) is 44.9 Å². The highest BCUT2D eigenvalue weighted by Crippen LogP contribution is 2.50. The Morgan fingerprint density at radius 3 is 2.07 bits per heavy atom. The van der Waals surface area contributed by atoms with Crippen molar-refractivity contribution in [2.45, 2.75) is 45.3 Å². The predicted molar refractivity (Wildman–Crippen MR) is 124 cm³/mol. The Bertz CT molecular complexity index is 916. The van der Waals surface area contributed by atoms with Crippen LogP contribution in [0.5, 0.6) is 23.0 Å². The molecule has 0 aliphatic carbocycles. The van der Waals surface area contributed by atoms with Gasteiger partial charge in [0.25, 0.3) is 0 Å². The SMILES string of the molecule is CCCC(=O)SC(CC=C(C)C)c1cc(OC)c2c(OC)ccc(OC)c2c1OC. The first kappa shape index (κ1) is 23.9. The monoisotopic (exact) mass is 432 g/mol. The molecule has 2 rings (SSSR count). The molecular formula is C24H32O5S. The van der Waals surface area contributed by atoms with Crippen molar-refractivity contribution in [1.82, 2.24) is 0 Å². The van der Waals surface area contributed by atoms with E-state index in [1.807, 2.05) is 25.1 Å².